The van der Waals surface area contributed by atoms with Crippen molar-refractivity contribution in [1.29, 1.82) is 0 Å². The molecule has 3 rings (SSSR count). The monoisotopic (exact) mass is 330 g/mol. The number of rotatable bonds is 4. The molecule has 5 heteroatoms. The topological polar surface area (TPSA) is 32.3 Å². The Kier molecular flexibility index (Phi) is 5.20. The molecular formula is C19H20F2N2O. The highest BCUT2D eigenvalue weighted by atomic mass is 19.1. The van der Waals surface area contributed by atoms with E-state index >= 15 is 0 Å². The highest BCUT2D eigenvalue weighted by Gasteiger charge is 2.12. The number of carbonyl (C=O) groups is 1. The van der Waals surface area contributed by atoms with Crippen molar-refractivity contribution in [3.05, 3.63) is 65.2 Å². The molecule has 126 valence electrons. The molecule has 1 N–H and O–H groups in total. The van der Waals surface area contributed by atoms with Crippen LogP contribution in [-0.2, 0) is 6.54 Å². The Morgan fingerprint density at radius 3 is 2.42 bits per heavy atom. The van der Waals surface area contributed by atoms with E-state index in [2.05, 4.69) is 10.2 Å². The number of benzene rings is 2. The summed E-state index contributed by atoms with van der Waals surface area (Å²) in [6.45, 7) is 3.04. The van der Waals surface area contributed by atoms with Gasteiger partial charge in [-0.05, 0) is 55.8 Å². The van der Waals surface area contributed by atoms with Gasteiger partial charge >= 0.3 is 0 Å². The molecule has 2 aromatic rings. The van der Waals surface area contributed by atoms with Crippen LogP contribution in [0.5, 0.6) is 0 Å². The number of amides is 1. The van der Waals surface area contributed by atoms with Gasteiger partial charge in [-0.3, -0.25) is 9.69 Å². The minimum atomic E-state index is -0.765. The number of nitrogens with one attached hydrogen (secondary N) is 1. The molecule has 1 fully saturated rings. The van der Waals surface area contributed by atoms with Crippen molar-refractivity contribution in [3.63, 3.8) is 0 Å². The SMILES string of the molecule is O=C(Nc1cccc(CN2CCCCC2)c1)c1cc(F)cc(F)c1. The van der Waals surface area contributed by atoms with Gasteiger partial charge in [0.2, 0.25) is 0 Å². The van der Waals surface area contributed by atoms with E-state index in [9.17, 15) is 13.6 Å². The van der Waals surface area contributed by atoms with Gasteiger partial charge in [-0.1, -0.05) is 18.6 Å². The lowest BCUT2D eigenvalue weighted by atomic mass is 10.1. The number of hydrogen-bond acceptors (Lipinski definition) is 2. The van der Waals surface area contributed by atoms with Crippen molar-refractivity contribution in [2.24, 2.45) is 0 Å². The molecule has 0 atom stereocenters. The Labute approximate surface area is 140 Å². The van der Waals surface area contributed by atoms with Crippen LogP contribution in [0.25, 0.3) is 0 Å². The normalized spacial score (nSPS) is 15.2. The number of nitrogens with zero attached hydrogens (tertiary/aromatic N) is 1. The van der Waals surface area contributed by atoms with Crippen LogP contribution >= 0.6 is 0 Å². The van der Waals surface area contributed by atoms with Crippen LogP contribution in [0, 0.1) is 11.6 Å². The molecule has 1 heterocycles. The average molecular weight is 330 g/mol. The van der Waals surface area contributed by atoms with Crippen LogP contribution in [0.3, 0.4) is 0 Å². The van der Waals surface area contributed by atoms with Crippen LogP contribution in [0.1, 0.15) is 35.2 Å². The van der Waals surface area contributed by atoms with Crippen LogP contribution in [0.4, 0.5) is 14.5 Å². The Balaban J connectivity index is 1.68. The summed E-state index contributed by atoms with van der Waals surface area (Å²) in [5, 5.41) is 2.70. The van der Waals surface area contributed by atoms with Gasteiger partial charge in [-0.2, -0.15) is 0 Å². The van der Waals surface area contributed by atoms with E-state index in [-0.39, 0.29) is 5.56 Å². The summed E-state index contributed by atoms with van der Waals surface area (Å²) in [7, 11) is 0. The fourth-order valence-electron chi connectivity index (χ4n) is 3.01. The summed E-state index contributed by atoms with van der Waals surface area (Å²) >= 11 is 0. The molecule has 1 saturated heterocycles. The molecule has 0 spiro atoms. The van der Waals surface area contributed by atoms with Crippen molar-refractivity contribution >= 4 is 11.6 Å². The van der Waals surface area contributed by atoms with Gasteiger partial charge in [0.05, 0.1) is 0 Å². The number of piperidine rings is 1. The second-order valence-electron chi connectivity index (χ2n) is 6.15. The van der Waals surface area contributed by atoms with Gasteiger partial charge in [0.25, 0.3) is 5.91 Å². The van der Waals surface area contributed by atoms with Crippen LogP contribution < -0.4 is 5.32 Å². The smallest absolute Gasteiger partial charge is 0.255 e. The molecule has 0 bridgehead atoms. The van der Waals surface area contributed by atoms with Crippen LogP contribution in [0.2, 0.25) is 0 Å². The lowest BCUT2D eigenvalue weighted by molar-refractivity contribution is 0.102. The summed E-state index contributed by atoms with van der Waals surface area (Å²) in [5.74, 6) is -2.05. The van der Waals surface area contributed by atoms with Crippen molar-refractivity contribution < 1.29 is 13.6 Å². The first-order chi connectivity index (χ1) is 11.6. The van der Waals surface area contributed by atoms with Gasteiger partial charge in [-0.15, -0.1) is 0 Å². The predicted octanol–water partition coefficient (Wildman–Crippen LogP) is 4.20. The Hall–Kier alpha value is -2.27. The largest absolute Gasteiger partial charge is 0.322 e. The maximum absolute atomic E-state index is 13.2. The third kappa shape index (κ3) is 4.38. The minimum absolute atomic E-state index is 0.0334. The minimum Gasteiger partial charge on any atom is -0.322 e. The highest BCUT2D eigenvalue weighted by molar-refractivity contribution is 6.04. The first-order valence-corrected chi connectivity index (χ1v) is 8.19. The van der Waals surface area contributed by atoms with E-state index in [1.807, 2.05) is 18.2 Å². The summed E-state index contributed by atoms with van der Waals surface area (Å²) in [5.41, 5.74) is 1.70. The Morgan fingerprint density at radius 1 is 1.00 bits per heavy atom. The van der Waals surface area contributed by atoms with E-state index in [4.69, 9.17) is 0 Å². The van der Waals surface area contributed by atoms with E-state index in [1.165, 1.54) is 19.3 Å². The zero-order valence-electron chi connectivity index (χ0n) is 13.4. The zero-order valence-corrected chi connectivity index (χ0v) is 13.4. The summed E-state index contributed by atoms with van der Waals surface area (Å²) in [6, 6.07) is 10.4. The Bertz CT molecular complexity index is 707. The first kappa shape index (κ1) is 16.6. The lowest BCUT2D eigenvalue weighted by Gasteiger charge is -2.26. The van der Waals surface area contributed by atoms with Gasteiger partial charge < -0.3 is 5.32 Å². The molecular weight excluding hydrogens is 310 g/mol. The molecule has 0 aromatic heterocycles. The number of hydrogen-bond donors (Lipinski definition) is 1. The van der Waals surface area contributed by atoms with Crippen molar-refractivity contribution in [3.8, 4) is 0 Å². The Morgan fingerprint density at radius 2 is 1.71 bits per heavy atom. The van der Waals surface area contributed by atoms with Gasteiger partial charge in [-0.25, -0.2) is 8.78 Å². The van der Waals surface area contributed by atoms with E-state index in [1.54, 1.807) is 6.07 Å². The standard InChI is InChI=1S/C19H20F2N2O/c20-16-10-15(11-17(21)12-16)19(24)22-18-6-4-5-14(9-18)13-23-7-2-1-3-8-23/h4-6,9-12H,1-3,7-8,13H2,(H,22,24). The van der Waals surface area contributed by atoms with E-state index in [0.717, 1.165) is 43.4 Å². The summed E-state index contributed by atoms with van der Waals surface area (Å²) in [4.78, 5) is 14.6. The lowest BCUT2D eigenvalue weighted by Crippen LogP contribution is -2.29. The molecule has 3 nitrogen and oxygen atoms in total. The highest BCUT2D eigenvalue weighted by Crippen LogP contribution is 2.17. The van der Waals surface area contributed by atoms with Gasteiger partial charge in [0.1, 0.15) is 11.6 Å². The van der Waals surface area contributed by atoms with Crippen LogP contribution in [0.15, 0.2) is 42.5 Å². The first-order valence-electron chi connectivity index (χ1n) is 8.19. The number of carbonyl (C=O) groups excluding carboxylic acids is 1. The molecule has 1 amide bonds. The molecule has 2 aromatic carbocycles. The maximum atomic E-state index is 13.2. The fraction of sp³-hybridized carbons (Fsp3) is 0.316. The molecule has 0 saturated carbocycles. The molecule has 1 aliphatic rings. The quantitative estimate of drug-likeness (QED) is 0.911. The maximum Gasteiger partial charge on any atom is 0.255 e. The number of likely N-dealkylation sites (tertiary alicyclic amines) is 1. The molecule has 0 unspecified atom stereocenters. The van der Waals surface area contributed by atoms with Crippen molar-refractivity contribution in [2.75, 3.05) is 18.4 Å². The molecule has 0 radical (unpaired) electrons. The van der Waals surface area contributed by atoms with Gasteiger partial charge in [0, 0.05) is 23.9 Å². The zero-order chi connectivity index (χ0) is 16.9. The van der Waals surface area contributed by atoms with Gasteiger partial charge in [0.15, 0.2) is 0 Å². The molecule has 0 aliphatic carbocycles. The van der Waals surface area contributed by atoms with Crippen molar-refractivity contribution in [2.45, 2.75) is 25.8 Å². The fourth-order valence-corrected chi connectivity index (χ4v) is 3.01. The molecule has 1 aliphatic heterocycles. The third-order valence-corrected chi connectivity index (χ3v) is 4.16. The second-order valence-corrected chi connectivity index (χ2v) is 6.15. The predicted molar refractivity (Wildman–Crippen MR) is 89.9 cm³/mol. The molecule has 24 heavy (non-hydrogen) atoms. The summed E-state index contributed by atoms with van der Waals surface area (Å²) < 4.78 is 26.5. The van der Waals surface area contributed by atoms with Crippen molar-refractivity contribution in [1.82, 2.24) is 4.90 Å². The third-order valence-electron chi connectivity index (χ3n) is 4.16. The summed E-state index contributed by atoms with van der Waals surface area (Å²) in [6.07, 6.45) is 3.74. The average Bonchev–Trinajstić information content (AvgIpc) is 2.55. The van der Waals surface area contributed by atoms with E-state index in [0.29, 0.717) is 5.69 Å². The second kappa shape index (κ2) is 7.53. The van der Waals surface area contributed by atoms with E-state index < -0.39 is 17.5 Å². The number of halogens is 2. The number of anilines is 1. The van der Waals surface area contributed by atoms with Crippen LogP contribution in [-0.4, -0.2) is 23.9 Å².